The molecule has 0 N–H and O–H groups in total. The maximum atomic E-state index is 11.9. The summed E-state index contributed by atoms with van der Waals surface area (Å²) >= 11 is 0. The first-order valence-electron chi connectivity index (χ1n) is 9.22. The van der Waals surface area contributed by atoms with Crippen molar-refractivity contribution < 1.29 is 28.6 Å². The van der Waals surface area contributed by atoms with Crippen molar-refractivity contribution in [1.82, 2.24) is 0 Å². The molecule has 25 heavy (non-hydrogen) atoms. The van der Waals surface area contributed by atoms with Crippen LogP contribution in [-0.4, -0.2) is 37.2 Å². The smallest absolute Gasteiger partial charge is 0.330 e. The fourth-order valence-corrected chi connectivity index (χ4v) is 3.82. The van der Waals surface area contributed by atoms with Crippen LogP contribution in [0.3, 0.4) is 0 Å². The lowest BCUT2D eigenvalue weighted by Crippen LogP contribution is -2.33. The lowest BCUT2D eigenvalue weighted by molar-refractivity contribution is -0.157. The molecule has 0 heterocycles. The Labute approximate surface area is 148 Å². The highest BCUT2D eigenvalue weighted by Crippen LogP contribution is 2.41. The number of hydrogen-bond acceptors (Lipinski definition) is 6. The van der Waals surface area contributed by atoms with E-state index < -0.39 is 11.9 Å². The van der Waals surface area contributed by atoms with Crippen LogP contribution in [0, 0.1) is 11.8 Å². The Bertz CT molecular complexity index is 486. The molecule has 0 spiro atoms. The zero-order valence-electron chi connectivity index (χ0n) is 14.7. The molecule has 3 unspecified atom stereocenters. The predicted molar refractivity (Wildman–Crippen MR) is 90.5 cm³/mol. The summed E-state index contributed by atoms with van der Waals surface area (Å²) in [6.07, 6.45) is 9.29. The largest absolute Gasteiger partial charge is 0.462 e. The second-order valence-electron chi connectivity index (χ2n) is 6.82. The monoisotopic (exact) mass is 352 g/mol. The normalized spacial score (nSPS) is 25.4. The van der Waals surface area contributed by atoms with E-state index in [4.69, 9.17) is 9.47 Å². The van der Waals surface area contributed by atoms with Crippen molar-refractivity contribution >= 4 is 17.9 Å². The van der Waals surface area contributed by atoms with E-state index in [0.717, 1.165) is 31.3 Å². The molecular weight excluding hydrogens is 324 g/mol. The van der Waals surface area contributed by atoms with Gasteiger partial charge in [0.15, 0.2) is 0 Å². The van der Waals surface area contributed by atoms with Crippen LogP contribution in [0.4, 0.5) is 0 Å². The minimum atomic E-state index is -0.563. The molecule has 0 radical (unpaired) electrons. The number of ether oxygens (including phenoxy) is 3. The second-order valence-corrected chi connectivity index (χ2v) is 6.82. The Hall–Kier alpha value is -1.85. The Balaban J connectivity index is 1.56. The van der Waals surface area contributed by atoms with Gasteiger partial charge in [0.2, 0.25) is 0 Å². The van der Waals surface area contributed by atoms with Crippen molar-refractivity contribution in [2.75, 3.05) is 13.2 Å². The molecule has 2 aliphatic carbocycles. The molecule has 2 saturated carbocycles. The van der Waals surface area contributed by atoms with Crippen LogP contribution < -0.4 is 0 Å². The van der Waals surface area contributed by atoms with Crippen molar-refractivity contribution in [3.63, 3.8) is 0 Å². The van der Waals surface area contributed by atoms with Crippen LogP contribution in [-0.2, 0) is 28.6 Å². The Morgan fingerprint density at radius 2 is 1.56 bits per heavy atom. The third kappa shape index (κ3) is 6.88. The van der Waals surface area contributed by atoms with Crippen LogP contribution in [0.25, 0.3) is 0 Å². The van der Waals surface area contributed by atoms with Crippen molar-refractivity contribution in [3.8, 4) is 0 Å². The third-order valence-electron chi connectivity index (χ3n) is 5.08. The molecule has 0 bridgehead atoms. The maximum Gasteiger partial charge on any atom is 0.330 e. The van der Waals surface area contributed by atoms with Gasteiger partial charge in [0.25, 0.3) is 0 Å². The number of rotatable bonds is 8. The van der Waals surface area contributed by atoms with Gasteiger partial charge >= 0.3 is 17.9 Å². The lowest BCUT2D eigenvalue weighted by Gasteiger charge is -2.38. The first kappa shape index (κ1) is 19.5. The van der Waals surface area contributed by atoms with Gasteiger partial charge in [-0.15, -0.1) is 0 Å². The van der Waals surface area contributed by atoms with Crippen molar-refractivity contribution in [3.05, 3.63) is 12.7 Å². The molecular formula is C19H28O6. The average molecular weight is 352 g/mol. The van der Waals surface area contributed by atoms with E-state index in [1.165, 1.54) is 25.7 Å². The summed E-state index contributed by atoms with van der Waals surface area (Å²) < 4.78 is 15.1. The molecule has 6 heteroatoms. The number of fused-ring (bicyclic) bond motifs is 1. The Morgan fingerprint density at radius 3 is 2.32 bits per heavy atom. The Morgan fingerprint density at radius 1 is 0.880 bits per heavy atom. The van der Waals surface area contributed by atoms with Crippen LogP contribution in [0.1, 0.15) is 57.8 Å². The third-order valence-corrected chi connectivity index (χ3v) is 5.08. The Kier molecular flexibility index (Phi) is 7.95. The van der Waals surface area contributed by atoms with Crippen molar-refractivity contribution in [2.45, 2.75) is 63.9 Å². The molecule has 0 aromatic rings. The van der Waals surface area contributed by atoms with Gasteiger partial charge < -0.3 is 14.2 Å². The van der Waals surface area contributed by atoms with Gasteiger partial charge in [-0.1, -0.05) is 32.3 Å². The van der Waals surface area contributed by atoms with Gasteiger partial charge in [0, 0.05) is 6.08 Å². The number of esters is 3. The molecule has 2 fully saturated rings. The predicted octanol–water partition coefficient (Wildman–Crippen LogP) is 2.94. The van der Waals surface area contributed by atoms with Gasteiger partial charge in [-0.2, -0.15) is 0 Å². The molecule has 0 amide bonds. The summed E-state index contributed by atoms with van der Waals surface area (Å²) in [6.45, 7) is 3.21. The van der Waals surface area contributed by atoms with E-state index >= 15 is 0 Å². The summed E-state index contributed by atoms with van der Waals surface area (Å²) in [4.78, 5) is 34.3. The van der Waals surface area contributed by atoms with E-state index in [1.54, 1.807) is 0 Å². The SMILES string of the molecule is C=CC(=O)OCCOC(=O)CCC(=O)OC1CCC2CCCCC2C1. The highest BCUT2D eigenvalue weighted by Gasteiger charge is 2.33. The molecule has 2 aliphatic rings. The van der Waals surface area contributed by atoms with E-state index in [2.05, 4.69) is 11.3 Å². The second kappa shape index (κ2) is 10.2. The highest BCUT2D eigenvalue weighted by atomic mass is 16.6. The first-order chi connectivity index (χ1) is 12.1. The molecule has 0 aromatic heterocycles. The van der Waals surface area contributed by atoms with E-state index in [9.17, 15) is 14.4 Å². The van der Waals surface area contributed by atoms with Gasteiger partial charge in [0.05, 0.1) is 12.8 Å². The zero-order chi connectivity index (χ0) is 18.1. The number of hydrogen-bond donors (Lipinski definition) is 0. The summed E-state index contributed by atoms with van der Waals surface area (Å²) in [5.74, 6) is 0.113. The minimum absolute atomic E-state index is 0.00110. The summed E-state index contributed by atoms with van der Waals surface area (Å²) in [5, 5.41) is 0. The van der Waals surface area contributed by atoms with E-state index in [-0.39, 0.29) is 38.1 Å². The van der Waals surface area contributed by atoms with E-state index in [0.29, 0.717) is 5.92 Å². The molecule has 0 aliphatic heterocycles. The first-order valence-corrected chi connectivity index (χ1v) is 9.22. The highest BCUT2D eigenvalue weighted by molar-refractivity contribution is 5.81. The van der Waals surface area contributed by atoms with Gasteiger partial charge in [-0.25, -0.2) is 4.79 Å². The van der Waals surface area contributed by atoms with Crippen LogP contribution in [0.5, 0.6) is 0 Å². The van der Waals surface area contributed by atoms with Gasteiger partial charge in [-0.05, 0) is 31.1 Å². The molecule has 2 rings (SSSR count). The topological polar surface area (TPSA) is 78.9 Å². The zero-order valence-corrected chi connectivity index (χ0v) is 14.7. The fourth-order valence-electron chi connectivity index (χ4n) is 3.82. The molecule has 3 atom stereocenters. The molecule has 140 valence electrons. The van der Waals surface area contributed by atoms with Gasteiger partial charge in [-0.3, -0.25) is 9.59 Å². The van der Waals surface area contributed by atoms with Crippen molar-refractivity contribution in [1.29, 1.82) is 0 Å². The quantitative estimate of drug-likeness (QED) is 0.289. The summed E-state index contributed by atoms with van der Waals surface area (Å²) in [7, 11) is 0. The molecule has 6 nitrogen and oxygen atoms in total. The summed E-state index contributed by atoms with van der Waals surface area (Å²) in [6, 6.07) is 0. The standard InChI is InChI=1S/C19H28O6/c1-2-17(20)23-11-12-24-18(21)9-10-19(22)25-16-8-7-14-5-3-4-6-15(14)13-16/h2,14-16H,1,3-13H2. The van der Waals surface area contributed by atoms with Crippen LogP contribution >= 0.6 is 0 Å². The van der Waals surface area contributed by atoms with E-state index in [1.807, 2.05) is 0 Å². The van der Waals surface area contributed by atoms with Crippen LogP contribution in [0.2, 0.25) is 0 Å². The fraction of sp³-hybridized carbons (Fsp3) is 0.737. The van der Waals surface area contributed by atoms with Crippen molar-refractivity contribution in [2.24, 2.45) is 11.8 Å². The lowest BCUT2D eigenvalue weighted by atomic mass is 9.70. The molecule has 0 aromatic carbocycles. The average Bonchev–Trinajstić information content (AvgIpc) is 2.63. The minimum Gasteiger partial charge on any atom is -0.462 e. The molecule has 0 saturated heterocycles. The summed E-state index contributed by atoms with van der Waals surface area (Å²) in [5.41, 5.74) is 0. The van der Waals surface area contributed by atoms with Gasteiger partial charge in [0.1, 0.15) is 19.3 Å². The number of carbonyl (C=O) groups is 3. The maximum absolute atomic E-state index is 11.9. The number of carbonyl (C=O) groups excluding carboxylic acids is 3. The van der Waals surface area contributed by atoms with Crippen LogP contribution in [0.15, 0.2) is 12.7 Å².